The monoisotopic (exact) mass is 431 g/mol. The minimum atomic E-state index is -0.228. The minimum absolute atomic E-state index is 0.187. The van der Waals surface area contributed by atoms with Crippen LogP contribution in [0.1, 0.15) is 27.1 Å². The molecule has 0 aliphatic rings. The van der Waals surface area contributed by atoms with Crippen molar-refractivity contribution in [1.82, 2.24) is 5.32 Å². The Morgan fingerprint density at radius 2 is 1.56 bits per heavy atom. The zero-order valence-corrected chi connectivity index (χ0v) is 18.7. The minimum Gasteiger partial charge on any atom is -0.385 e. The highest BCUT2D eigenvalue weighted by Gasteiger charge is 2.15. The average Bonchev–Trinajstić information content (AvgIpc) is 2.82. The maximum atomic E-state index is 12.8. The summed E-state index contributed by atoms with van der Waals surface area (Å²) in [6.07, 6.45) is 0.731. The number of carbonyl (C=O) groups excluding carboxylic acids is 2. The van der Waals surface area contributed by atoms with E-state index in [1.165, 1.54) is 0 Å². The molecule has 3 aromatic rings. The molecule has 0 saturated heterocycles. The number of nitrogens with one attached hydrogen (secondary N) is 2. The number of nitrogens with zero attached hydrogens (tertiary/aromatic N) is 1. The number of hydrogen-bond donors (Lipinski definition) is 2. The van der Waals surface area contributed by atoms with Gasteiger partial charge in [-0.2, -0.15) is 0 Å². The Hall–Kier alpha value is -3.64. The van der Waals surface area contributed by atoms with E-state index in [0.29, 0.717) is 30.0 Å². The lowest BCUT2D eigenvalue weighted by atomic mass is 10.0. The van der Waals surface area contributed by atoms with Gasteiger partial charge in [0, 0.05) is 51.3 Å². The van der Waals surface area contributed by atoms with Gasteiger partial charge in [0.25, 0.3) is 11.8 Å². The second-order valence-electron chi connectivity index (χ2n) is 7.63. The molecule has 3 rings (SSSR count). The molecule has 0 radical (unpaired) electrons. The summed E-state index contributed by atoms with van der Waals surface area (Å²) in [6.45, 7) is 1.10. The van der Waals surface area contributed by atoms with Crippen molar-refractivity contribution in [3.05, 3.63) is 83.9 Å². The molecule has 0 aliphatic heterocycles. The maximum absolute atomic E-state index is 12.8. The van der Waals surface area contributed by atoms with E-state index in [4.69, 9.17) is 4.74 Å². The number of hydrogen-bond acceptors (Lipinski definition) is 4. The van der Waals surface area contributed by atoms with E-state index in [-0.39, 0.29) is 11.8 Å². The van der Waals surface area contributed by atoms with Gasteiger partial charge in [-0.05, 0) is 47.9 Å². The van der Waals surface area contributed by atoms with Gasteiger partial charge in [0.05, 0.1) is 5.56 Å². The van der Waals surface area contributed by atoms with Crippen LogP contribution in [-0.2, 0) is 4.74 Å². The summed E-state index contributed by atoms with van der Waals surface area (Å²) in [6, 6.07) is 22.8. The molecular weight excluding hydrogens is 402 g/mol. The van der Waals surface area contributed by atoms with Gasteiger partial charge in [0.2, 0.25) is 0 Å². The van der Waals surface area contributed by atoms with E-state index in [0.717, 1.165) is 23.2 Å². The second kappa shape index (κ2) is 11.1. The topological polar surface area (TPSA) is 70.7 Å². The quantitative estimate of drug-likeness (QED) is 0.492. The molecule has 0 atom stereocenters. The predicted octanol–water partition coefficient (Wildman–Crippen LogP) is 4.44. The Kier molecular flexibility index (Phi) is 8.00. The number of methoxy groups -OCH3 is 1. The van der Waals surface area contributed by atoms with Crippen LogP contribution in [0.2, 0.25) is 0 Å². The first kappa shape index (κ1) is 23.0. The van der Waals surface area contributed by atoms with Crippen LogP contribution in [0.15, 0.2) is 72.8 Å². The SMILES string of the molecule is COCCCNC(=O)c1cc(NC(=O)c2ccc(-c3ccccc3)cc2)ccc1N(C)C. The Morgan fingerprint density at radius 1 is 0.875 bits per heavy atom. The van der Waals surface area contributed by atoms with E-state index in [1.54, 1.807) is 31.4 Å². The molecule has 32 heavy (non-hydrogen) atoms. The number of rotatable bonds is 9. The lowest BCUT2D eigenvalue weighted by Gasteiger charge is -2.18. The van der Waals surface area contributed by atoms with Crippen LogP contribution >= 0.6 is 0 Å². The molecule has 2 amide bonds. The largest absolute Gasteiger partial charge is 0.385 e. The maximum Gasteiger partial charge on any atom is 0.255 e. The van der Waals surface area contributed by atoms with Gasteiger partial charge in [0.1, 0.15) is 0 Å². The molecule has 0 unspecified atom stereocenters. The van der Waals surface area contributed by atoms with Crippen LogP contribution in [0.3, 0.4) is 0 Å². The van der Waals surface area contributed by atoms with E-state index in [2.05, 4.69) is 10.6 Å². The molecule has 0 bridgehead atoms. The van der Waals surface area contributed by atoms with E-state index in [9.17, 15) is 9.59 Å². The predicted molar refractivity (Wildman–Crippen MR) is 129 cm³/mol. The molecule has 2 N–H and O–H groups in total. The third kappa shape index (κ3) is 5.95. The molecule has 0 heterocycles. The normalized spacial score (nSPS) is 10.5. The van der Waals surface area contributed by atoms with Crippen molar-refractivity contribution in [1.29, 1.82) is 0 Å². The van der Waals surface area contributed by atoms with Gasteiger partial charge < -0.3 is 20.3 Å². The third-order valence-electron chi connectivity index (χ3n) is 5.05. The molecule has 6 heteroatoms. The summed E-state index contributed by atoms with van der Waals surface area (Å²) in [7, 11) is 5.39. The number of anilines is 2. The first-order valence-electron chi connectivity index (χ1n) is 10.5. The molecular formula is C26H29N3O3. The zero-order chi connectivity index (χ0) is 22.9. The van der Waals surface area contributed by atoms with Crippen LogP contribution in [0.4, 0.5) is 11.4 Å². The van der Waals surface area contributed by atoms with Crippen LogP contribution in [0.5, 0.6) is 0 Å². The molecule has 166 valence electrons. The van der Waals surface area contributed by atoms with Crippen molar-refractivity contribution < 1.29 is 14.3 Å². The molecule has 3 aromatic carbocycles. The summed E-state index contributed by atoms with van der Waals surface area (Å²) in [5.41, 5.74) is 4.54. The fourth-order valence-electron chi connectivity index (χ4n) is 3.35. The van der Waals surface area contributed by atoms with E-state index >= 15 is 0 Å². The van der Waals surface area contributed by atoms with Crippen LogP contribution in [0.25, 0.3) is 11.1 Å². The van der Waals surface area contributed by atoms with Crippen LogP contribution in [-0.4, -0.2) is 46.2 Å². The van der Waals surface area contributed by atoms with E-state index in [1.807, 2.05) is 67.5 Å². The fourth-order valence-corrected chi connectivity index (χ4v) is 3.35. The third-order valence-corrected chi connectivity index (χ3v) is 5.05. The van der Waals surface area contributed by atoms with Crippen molar-refractivity contribution >= 4 is 23.2 Å². The lowest BCUT2D eigenvalue weighted by molar-refractivity contribution is 0.0947. The summed E-state index contributed by atoms with van der Waals surface area (Å²) in [5.74, 6) is -0.415. The summed E-state index contributed by atoms with van der Waals surface area (Å²) in [5, 5.41) is 5.80. The van der Waals surface area contributed by atoms with Crippen molar-refractivity contribution in [3.63, 3.8) is 0 Å². The lowest BCUT2D eigenvalue weighted by Crippen LogP contribution is -2.27. The second-order valence-corrected chi connectivity index (χ2v) is 7.63. The highest BCUT2D eigenvalue weighted by Crippen LogP contribution is 2.24. The van der Waals surface area contributed by atoms with Gasteiger partial charge in [-0.1, -0.05) is 42.5 Å². The molecule has 6 nitrogen and oxygen atoms in total. The summed E-state index contributed by atoms with van der Waals surface area (Å²) >= 11 is 0. The van der Waals surface area contributed by atoms with Crippen LogP contribution in [0, 0.1) is 0 Å². The molecule has 0 fully saturated rings. The van der Waals surface area contributed by atoms with Crippen molar-refractivity contribution in [3.8, 4) is 11.1 Å². The molecule has 0 aromatic heterocycles. The van der Waals surface area contributed by atoms with Crippen molar-refractivity contribution in [2.75, 3.05) is 44.6 Å². The Balaban J connectivity index is 1.73. The average molecular weight is 432 g/mol. The molecule has 0 saturated carbocycles. The van der Waals surface area contributed by atoms with E-state index < -0.39 is 0 Å². The molecule has 0 aliphatic carbocycles. The first-order valence-corrected chi connectivity index (χ1v) is 10.5. The zero-order valence-electron chi connectivity index (χ0n) is 18.7. The summed E-state index contributed by atoms with van der Waals surface area (Å²) < 4.78 is 5.02. The Morgan fingerprint density at radius 3 is 2.22 bits per heavy atom. The fraction of sp³-hybridized carbons (Fsp3) is 0.231. The Bertz CT molecular complexity index is 1050. The number of carbonyl (C=O) groups is 2. The number of amides is 2. The van der Waals surface area contributed by atoms with Gasteiger partial charge >= 0.3 is 0 Å². The van der Waals surface area contributed by atoms with Gasteiger partial charge in [-0.15, -0.1) is 0 Å². The summed E-state index contributed by atoms with van der Waals surface area (Å²) in [4.78, 5) is 27.4. The molecule has 0 spiro atoms. The number of benzene rings is 3. The van der Waals surface area contributed by atoms with Gasteiger partial charge in [-0.3, -0.25) is 9.59 Å². The Labute approximate surface area is 189 Å². The smallest absolute Gasteiger partial charge is 0.255 e. The first-order chi connectivity index (χ1) is 15.5. The van der Waals surface area contributed by atoms with Crippen molar-refractivity contribution in [2.24, 2.45) is 0 Å². The van der Waals surface area contributed by atoms with Crippen LogP contribution < -0.4 is 15.5 Å². The van der Waals surface area contributed by atoms with Gasteiger partial charge in [0.15, 0.2) is 0 Å². The highest BCUT2D eigenvalue weighted by atomic mass is 16.5. The highest BCUT2D eigenvalue weighted by molar-refractivity contribution is 6.06. The standard InChI is InChI=1S/C26H29N3O3/c1-29(2)24-15-14-22(18-23(24)26(31)27-16-7-17-32-3)28-25(30)21-12-10-20(11-13-21)19-8-5-4-6-9-19/h4-6,8-15,18H,7,16-17H2,1-3H3,(H,27,31)(H,28,30). The van der Waals surface area contributed by atoms with Crippen molar-refractivity contribution in [2.45, 2.75) is 6.42 Å². The number of ether oxygens (including phenoxy) is 1. The van der Waals surface area contributed by atoms with Gasteiger partial charge in [-0.25, -0.2) is 0 Å².